The van der Waals surface area contributed by atoms with Gasteiger partial charge in [-0.15, -0.1) is 0 Å². The smallest absolute Gasteiger partial charge is 0.220 e. The zero-order chi connectivity index (χ0) is 14.9. The number of amides is 1. The van der Waals surface area contributed by atoms with E-state index >= 15 is 0 Å². The molecule has 2 rings (SSSR count). The Balaban J connectivity index is 1.55. The second-order valence-corrected chi connectivity index (χ2v) is 6.41. The molecule has 1 heterocycles. The van der Waals surface area contributed by atoms with E-state index in [4.69, 9.17) is 0 Å². The summed E-state index contributed by atoms with van der Waals surface area (Å²) in [5.74, 6) is 1.80. The lowest BCUT2D eigenvalue weighted by Crippen LogP contribution is -2.31. The minimum atomic E-state index is 0.165. The molecule has 1 aromatic heterocycles. The maximum absolute atomic E-state index is 11.8. The minimum absolute atomic E-state index is 0.165. The van der Waals surface area contributed by atoms with Gasteiger partial charge >= 0.3 is 0 Å². The number of nitrogens with one attached hydrogen (secondary N) is 2. The number of aryl methyl sites for hydroxylation is 1. The van der Waals surface area contributed by atoms with Gasteiger partial charge in [0.15, 0.2) is 0 Å². The standard InChI is InChI=1S/C17H29N3O/c1-2-3-4-14-5-7-15(8-6-14)11-19-17(21)10-9-16-12-18-13-20-16/h12-15H,2-11H2,1H3,(H,18,20)(H,19,21). The predicted molar refractivity (Wildman–Crippen MR) is 84.9 cm³/mol. The number of hydrogen-bond donors (Lipinski definition) is 2. The number of rotatable bonds is 8. The second-order valence-electron chi connectivity index (χ2n) is 6.41. The highest BCUT2D eigenvalue weighted by molar-refractivity contribution is 5.76. The van der Waals surface area contributed by atoms with Crippen molar-refractivity contribution in [2.75, 3.05) is 6.54 Å². The number of aromatic amines is 1. The van der Waals surface area contributed by atoms with Crippen molar-refractivity contribution in [3.63, 3.8) is 0 Å². The van der Waals surface area contributed by atoms with Gasteiger partial charge in [0.2, 0.25) is 5.91 Å². The number of carbonyl (C=O) groups excluding carboxylic acids is 1. The zero-order valence-corrected chi connectivity index (χ0v) is 13.2. The second kappa shape index (κ2) is 8.85. The first-order valence-electron chi connectivity index (χ1n) is 8.52. The van der Waals surface area contributed by atoms with Crippen LogP contribution in [0.2, 0.25) is 0 Å². The van der Waals surface area contributed by atoms with Crippen molar-refractivity contribution in [3.8, 4) is 0 Å². The Morgan fingerprint density at radius 1 is 1.33 bits per heavy atom. The summed E-state index contributed by atoms with van der Waals surface area (Å²) >= 11 is 0. The van der Waals surface area contributed by atoms with Crippen molar-refractivity contribution in [1.82, 2.24) is 15.3 Å². The predicted octanol–water partition coefficient (Wildman–Crippen LogP) is 3.46. The fourth-order valence-electron chi connectivity index (χ4n) is 3.23. The van der Waals surface area contributed by atoms with Crippen LogP contribution in [0.4, 0.5) is 0 Å². The van der Waals surface area contributed by atoms with E-state index in [-0.39, 0.29) is 5.91 Å². The van der Waals surface area contributed by atoms with Crippen molar-refractivity contribution < 1.29 is 4.79 Å². The number of nitrogens with zero attached hydrogens (tertiary/aromatic N) is 1. The van der Waals surface area contributed by atoms with E-state index in [0.29, 0.717) is 12.3 Å². The molecule has 0 aromatic carbocycles. The molecular formula is C17H29N3O. The molecule has 0 unspecified atom stereocenters. The molecule has 1 aliphatic rings. The van der Waals surface area contributed by atoms with Crippen LogP contribution in [0.15, 0.2) is 12.5 Å². The molecule has 0 radical (unpaired) electrons. The lowest BCUT2D eigenvalue weighted by Gasteiger charge is -2.28. The SMILES string of the molecule is CCCCC1CCC(CNC(=O)CCc2cnc[nH]2)CC1. The summed E-state index contributed by atoms with van der Waals surface area (Å²) < 4.78 is 0. The highest BCUT2D eigenvalue weighted by atomic mass is 16.1. The number of unbranched alkanes of at least 4 members (excludes halogenated alkanes) is 1. The molecule has 1 amide bonds. The summed E-state index contributed by atoms with van der Waals surface area (Å²) in [5.41, 5.74) is 1.03. The van der Waals surface area contributed by atoms with E-state index in [2.05, 4.69) is 22.2 Å². The molecule has 0 saturated heterocycles. The third-order valence-corrected chi connectivity index (χ3v) is 4.70. The maximum atomic E-state index is 11.8. The molecule has 0 spiro atoms. The van der Waals surface area contributed by atoms with Gasteiger partial charge in [-0.3, -0.25) is 4.79 Å². The van der Waals surface area contributed by atoms with Gasteiger partial charge in [0, 0.05) is 24.9 Å². The molecular weight excluding hydrogens is 262 g/mol. The summed E-state index contributed by atoms with van der Waals surface area (Å²) in [5, 5.41) is 3.10. The average molecular weight is 291 g/mol. The van der Waals surface area contributed by atoms with Crippen LogP contribution >= 0.6 is 0 Å². The molecule has 4 nitrogen and oxygen atoms in total. The molecule has 118 valence electrons. The van der Waals surface area contributed by atoms with Crippen molar-refractivity contribution in [3.05, 3.63) is 18.2 Å². The van der Waals surface area contributed by atoms with Crippen LogP contribution in [0.25, 0.3) is 0 Å². The summed E-state index contributed by atoms with van der Waals surface area (Å²) in [6.45, 7) is 3.13. The molecule has 21 heavy (non-hydrogen) atoms. The van der Waals surface area contributed by atoms with Gasteiger partial charge in [0.1, 0.15) is 0 Å². The van der Waals surface area contributed by atoms with E-state index in [9.17, 15) is 4.79 Å². The third-order valence-electron chi connectivity index (χ3n) is 4.70. The monoisotopic (exact) mass is 291 g/mol. The summed E-state index contributed by atoms with van der Waals surface area (Å²) in [6.07, 6.45) is 14.1. The van der Waals surface area contributed by atoms with Gasteiger partial charge < -0.3 is 10.3 Å². The number of carbonyl (C=O) groups is 1. The van der Waals surface area contributed by atoms with Gasteiger partial charge in [-0.25, -0.2) is 4.98 Å². The normalized spacial score (nSPS) is 22.1. The Bertz CT molecular complexity index is 394. The Labute approximate surface area is 128 Å². The molecule has 1 saturated carbocycles. The van der Waals surface area contributed by atoms with Crippen LogP contribution in [-0.2, 0) is 11.2 Å². The Kier molecular flexibility index (Phi) is 6.77. The first-order chi connectivity index (χ1) is 10.3. The Morgan fingerprint density at radius 3 is 2.76 bits per heavy atom. The Hall–Kier alpha value is -1.32. The first kappa shape index (κ1) is 16.1. The van der Waals surface area contributed by atoms with E-state index in [0.717, 1.165) is 24.6 Å². The van der Waals surface area contributed by atoms with E-state index < -0.39 is 0 Å². The fourth-order valence-corrected chi connectivity index (χ4v) is 3.23. The zero-order valence-electron chi connectivity index (χ0n) is 13.2. The molecule has 1 aliphatic carbocycles. The van der Waals surface area contributed by atoms with Crippen molar-refractivity contribution in [1.29, 1.82) is 0 Å². The maximum Gasteiger partial charge on any atom is 0.220 e. The van der Waals surface area contributed by atoms with Crippen LogP contribution in [0.1, 0.15) is 64.0 Å². The number of imidazole rings is 1. The van der Waals surface area contributed by atoms with E-state index in [1.807, 2.05) is 0 Å². The topological polar surface area (TPSA) is 57.8 Å². The number of aromatic nitrogens is 2. The van der Waals surface area contributed by atoms with Gasteiger partial charge in [-0.05, 0) is 31.1 Å². The van der Waals surface area contributed by atoms with Crippen LogP contribution < -0.4 is 5.32 Å². The van der Waals surface area contributed by atoms with Crippen molar-refractivity contribution in [2.45, 2.75) is 64.7 Å². The van der Waals surface area contributed by atoms with Gasteiger partial charge in [0.05, 0.1) is 6.33 Å². The van der Waals surface area contributed by atoms with Gasteiger partial charge in [-0.2, -0.15) is 0 Å². The highest BCUT2D eigenvalue weighted by Gasteiger charge is 2.20. The lowest BCUT2D eigenvalue weighted by molar-refractivity contribution is -0.121. The number of hydrogen-bond acceptors (Lipinski definition) is 2. The van der Waals surface area contributed by atoms with Crippen LogP contribution in [0.5, 0.6) is 0 Å². The summed E-state index contributed by atoms with van der Waals surface area (Å²) in [6, 6.07) is 0. The summed E-state index contributed by atoms with van der Waals surface area (Å²) in [4.78, 5) is 18.8. The molecule has 1 fully saturated rings. The van der Waals surface area contributed by atoms with Crippen molar-refractivity contribution >= 4 is 5.91 Å². The molecule has 2 N–H and O–H groups in total. The van der Waals surface area contributed by atoms with Crippen LogP contribution in [-0.4, -0.2) is 22.4 Å². The average Bonchev–Trinajstić information content (AvgIpc) is 3.03. The number of H-pyrrole nitrogens is 1. The molecule has 4 heteroatoms. The largest absolute Gasteiger partial charge is 0.356 e. The highest BCUT2D eigenvalue weighted by Crippen LogP contribution is 2.31. The molecule has 1 aromatic rings. The first-order valence-corrected chi connectivity index (χ1v) is 8.52. The molecule has 0 atom stereocenters. The van der Waals surface area contributed by atoms with Crippen molar-refractivity contribution in [2.24, 2.45) is 11.8 Å². The molecule has 0 bridgehead atoms. The van der Waals surface area contributed by atoms with Gasteiger partial charge in [0.25, 0.3) is 0 Å². The Morgan fingerprint density at radius 2 is 2.10 bits per heavy atom. The minimum Gasteiger partial charge on any atom is -0.356 e. The van der Waals surface area contributed by atoms with Crippen LogP contribution in [0.3, 0.4) is 0 Å². The lowest BCUT2D eigenvalue weighted by atomic mass is 9.80. The van der Waals surface area contributed by atoms with Gasteiger partial charge in [-0.1, -0.05) is 39.0 Å². The third kappa shape index (κ3) is 5.90. The fraction of sp³-hybridized carbons (Fsp3) is 0.765. The summed E-state index contributed by atoms with van der Waals surface area (Å²) in [7, 11) is 0. The van der Waals surface area contributed by atoms with E-state index in [1.165, 1.54) is 44.9 Å². The van der Waals surface area contributed by atoms with Crippen LogP contribution in [0, 0.1) is 11.8 Å². The quantitative estimate of drug-likeness (QED) is 0.770. The molecule has 0 aliphatic heterocycles. The van der Waals surface area contributed by atoms with E-state index in [1.54, 1.807) is 12.5 Å².